The Bertz CT molecular complexity index is 454. The lowest BCUT2D eigenvalue weighted by atomic mass is 9.79. The summed E-state index contributed by atoms with van der Waals surface area (Å²) in [6, 6.07) is 8.75. The predicted molar refractivity (Wildman–Crippen MR) is 80.9 cm³/mol. The van der Waals surface area contributed by atoms with Crippen molar-refractivity contribution in [2.24, 2.45) is 0 Å². The maximum atomic E-state index is 12.4. The number of benzene rings is 1. The molecule has 1 aromatic rings. The predicted octanol–water partition coefficient (Wildman–Crippen LogP) is 2.77. The zero-order valence-corrected chi connectivity index (χ0v) is 12.0. The van der Waals surface area contributed by atoms with E-state index in [1.807, 2.05) is 11.8 Å². The van der Waals surface area contributed by atoms with E-state index in [4.69, 9.17) is 0 Å². The number of carbonyl (C=O) groups is 1. The SMILES string of the molecule is O=C(CC1CCCc2ccccc21)C1CSCCN1. The van der Waals surface area contributed by atoms with Gasteiger partial charge < -0.3 is 5.32 Å². The van der Waals surface area contributed by atoms with Gasteiger partial charge in [-0.3, -0.25) is 4.79 Å². The largest absolute Gasteiger partial charge is 0.306 e. The highest BCUT2D eigenvalue weighted by molar-refractivity contribution is 7.99. The Hall–Kier alpha value is -0.800. The van der Waals surface area contributed by atoms with Crippen LogP contribution in [0.25, 0.3) is 0 Å². The highest BCUT2D eigenvalue weighted by Gasteiger charge is 2.27. The van der Waals surface area contributed by atoms with Crippen molar-refractivity contribution in [3.63, 3.8) is 0 Å². The third-order valence-corrected chi connectivity index (χ3v) is 5.31. The first-order valence-electron chi connectivity index (χ1n) is 7.26. The number of aryl methyl sites for hydroxylation is 1. The molecule has 2 atom stereocenters. The minimum absolute atomic E-state index is 0.0906. The van der Waals surface area contributed by atoms with Crippen molar-refractivity contribution in [3.05, 3.63) is 35.4 Å². The van der Waals surface area contributed by atoms with Gasteiger partial charge in [0.2, 0.25) is 0 Å². The maximum Gasteiger partial charge on any atom is 0.151 e. The molecule has 1 aliphatic heterocycles. The van der Waals surface area contributed by atoms with Gasteiger partial charge in [0.15, 0.2) is 5.78 Å². The highest BCUT2D eigenvalue weighted by atomic mass is 32.2. The van der Waals surface area contributed by atoms with E-state index >= 15 is 0 Å². The molecule has 0 saturated carbocycles. The molecule has 1 N–H and O–H groups in total. The van der Waals surface area contributed by atoms with Crippen molar-refractivity contribution in [2.45, 2.75) is 37.6 Å². The van der Waals surface area contributed by atoms with Crippen LogP contribution in [0.5, 0.6) is 0 Å². The van der Waals surface area contributed by atoms with Crippen LogP contribution in [0.4, 0.5) is 0 Å². The molecule has 1 aliphatic carbocycles. The van der Waals surface area contributed by atoms with Crippen molar-refractivity contribution in [1.29, 1.82) is 0 Å². The lowest BCUT2D eigenvalue weighted by Gasteiger charge is -2.28. The Labute approximate surface area is 119 Å². The van der Waals surface area contributed by atoms with E-state index in [1.54, 1.807) is 0 Å². The van der Waals surface area contributed by atoms with E-state index in [0.29, 0.717) is 11.7 Å². The van der Waals surface area contributed by atoms with Crippen LogP contribution in [-0.2, 0) is 11.2 Å². The summed E-state index contributed by atoms with van der Waals surface area (Å²) in [4.78, 5) is 12.4. The monoisotopic (exact) mass is 275 g/mol. The van der Waals surface area contributed by atoms with Gasteiger partial charge in [-0.2, -0.15) is 11.8 Å². The molecule has 0 aromatic heterocycles. The van der Waals surface area contributed by atoms with Gasteiger partial charge in [-0.05, 0) is 36.3 Å². The van der Waals surface area contributed by atoms with Crippen LogP contribution in [0, 0.1) is 0 Å². The summed E-state index contributed by atoms with van der Waals surface area (Å²) in [5, 5.41) is 3.36. The summed E-state index contributed by atoms with van der Waals surface area (Å²) in [5.41, 5.74) is 2.88. The Balaban J connectivity index is 1.68. The number of rotatable bonds is 3. The van der Waals surface area contributed by atoms with Crippen molar-refractivity contribution < 1.29 is 4.79 Å². The van der Waals surface area contributed by atoms with Gasteiger partial charge in [0.25, 0.3) is 0 Å². The number of thioether (sulfide) groups is 1. The second kappa shape index (κ2) is 6.10. The fraction of sp³-hybridized carbons (Fsp3) is 0.562. The van der Waals surface area contributed by atoms with E-state index in [9.17, 15) is 4.79 Å². The molecule has 1 heterocycles. The summed E-state index contributed by atoms with van der Waals surface area (Å²) >= 11 is 1.90. The molecule has 1 saturated heterocycles. The van der Waals surface area contributed by atoms with E-state index in [-0.39, 0.29) is 6.04 Å². The molecule has 3 rings (SSSR count). The first-order chi connectivity index (χ1) is 9.34. The molecule has 0 radical (unpaired) electrons. The van der Waals surface area contributed by atoms with E-state index < -0.39 is 0 Å². The van der Waals surface area contributed by atoms with Gasteiger partial charge in [-0.25, -0.2) is 0 Å². The topological polar surface area (TPSA) is 29.1 Å². The molecule has 0 bridgehead atoms. The fourth-order valence-corrected chi connectivity index (χ4v) is 4.19. The molecule has 2 nitrogen and oxygen atoms in total. The minimum atomic E-state index is 0.0906. The first kappa shape index (κ1) is 13.2. The van der Waals surface area contributed by atoms with Gasteiger partial charge in [0.1, 0.15) is 0 Å². The fourth-order valence-electron chi connectivity index (χ4n) is 3.22. The van der Waals surface area contributed by atoms with Gasteiger partial charge in [0.05, 0.1) is 6.04 Å². The number of nitrogens with one attached hydrogen (secondary N) is 1. The summed E-state index contributed by atoms with van der Waals surface area (Å²) in [5.74, 6) is 2.95. The second-order valence-corrected chi connectivity index (χ2v) is 6.69. The molecule has 2 aliphatic rings. The molecule has 1 fully saturated rings. The molecule has 0 spiro atoms. The molecule has 19 heavy (non-hydrogen) atoms. The van der Waals surface area contributed by atoms with Crippen LogP contribution in [0.1, 0.15) is 36.3 Å². The smallest absolute Gasteiger partial charge is 0.151 e. The Morgan fingerprint density at radius 1 is 1.37 bits per heavy atom. The van der Waals surface area contributed by atoms with Crippen LogP contribution < -0.4 is 5.32 Å². The van der Waals surface area contributed by atoms with Gasteiger partial charge in [0, 0.05) is 24.5 Å². The van der Waals surface area contributed by atoms with Crippen LogP contribution >= 0.6 is 11.8 Å². The standard InChI is InChI=1S/C16H21NOS/c18-16(15-11-19-9-8-17-15)10-13-6-3-5-12-4-1-2-7-14(12)13/h1-2,4,7,13,15,17H,3,5-6,8-11H2. The van der Waals surface area contributed by atoms with Crippen LogP contribution in [0.15, 0.2) is 24.3 Å². The van der Waals surface area contributed by atoms with Crippen molar-refractivity contribution in [3.8, 4) is 0 Å². The number of Topliss-reactive ketones (excluding diaryl/α,β-unsaturated/α-hetero) is 1. The first-order valence-corrected chi connectivity index (χ1v) is 8.41. The highest BCUT2D eigenvalue weighted by Crippen LogP contribution is 2.34. The average molecular weight is 275 g/mol. The molecule has 102 valence electrons. The Morgan fingerprint density at radius 2 is 2.26 bits per heavy atom. The quantitative estimate of drug-likeness (QED) is 0.919. The van der Waals surface area contributed by atoms with Crippen molar-refractivity contribution in [1.82, 2.24) is 5.32 Å². The summed E-state index contributed by atoms with van der Waals surface area (Å²) in [7, 11) is 0. The Kier molecular flexibility index (Phi) is 4.24. The maximum absolute atomic E-state index is 12.4. The molecular weight excluding hydrogens is 254 g/mol. The van der Waals surface area contributed by atoms with Crippen molar-refractivity contribution in [2.75, 3.05) is 18.1 Å². The van der Waals surface area contributed by atoms with Crippen LogP contribution in [-0.4, -0.2) is 29.9 Å². The number of hydrogen-bond donors (Lipinski definition) is 1. The third kappa shape index (κ3) is 3.03. The number of hydrogen-bond acceptors (Lipinski definition) is 3. The normalized spacial score (nSPS) is 26.7. The van der Waals surface area contributed by atoms with Gasteiger partial charge in [-0.1, -0.05) is 24.3 Å². The lowest BCUT2D eigenvalue weighted by Crippen LogP contribution is -2.43. The average Bonchev–Trinajstić information content (AvgIpc) is 2.48. The number of carbonyl (C=O) groups excluding carboxylic acids is 1. The summed E-state index contributed by atoms with van der Waals surface area (Å²) in [6.07, 6.45) is 4.29. The third-order valence-electron chi connectivity index (χ3n) is 4.25. The number of fused-ring (bicyclic) bond motifs is 1. The zero-order chi connectivity index (χ0) is 13.1. The molecule has 3 heteroatoms. The van der Waals surface area contributed by atoms with E-state index in [1.165, 1.54) is 30.4 Å². The minimum Gasteiger partial charge on any atom is -0.306 e. The Morgan fingerprint density at radius 3 is 3.11 bits per heavy atom. The van der Waals surface area contributed by atoms with Crippen molar-refractivity contribution >= 4 is 17.5 Å². The number of ketones is 1. The summed E-state index contributed by atoms with van der Waals surface area (Å²) in [6.45, 7) is 0.975. The molecule has 2 unspecified atom stereocenters. The second-order valence-electron chi connectivity index (χ2n) is 5.54. The summed E-state index contributed by atoms with van der Waals surface area (Å²) < 4.78 is 0. The van der Waals surface area contributed by atoms with E-state index in [0.717, 1.165) is 24.5 Å². The van der Waals surface area contributed by atoms with E-state index in [2.05, 4.69) is 29.6 Å². The van der Waals surface area contributed by atoms with Crippen LogP contribution in [0.2, 0.25) is 0 Å². The lowest BCUT2D eigenvalue weighted by molar-refractivity contribution is -0.121. The molecule has 1 aromatic carbocycles. The molecular formula is C16H21NOS. The zero-order valence-electron chi connectivity index (χ0n) is 11.2. The van der Waals surface area contributed by atoms with Crippen LogP contribution in [0.3, 0.4) is 0 Å². The van der Waals surface area contributed by atoms with Gasteiger partial charge in [-0.15, -0.1) is 0 Å². The van der Waals surface area contributed by atoms with Gasteiger partial charge >= 0.3 is 0 Å². The molecule has 0 amide bonds.